The average Bonchev–Trinajstić information content (AvgIpc) is 2.98. The van der Waals surface area contributed by atoms with Crippen molar-refractivity contribution in [1.82, 2.24) is 19.7 Å². The molecule has 0 radical (unpaired) electrons. The van der Waals surface area contributed by atoms with Crippen LogP contribution >= 0.6 is 0 Å². The molecule has 1 N–H and O–H groups in total. The number of aromatic nitrogens is 3. The topological polar surface area (TPSA) is 80.5 Å². The fourth-order valence-corrected chi connectivity index (χ4v) is 2.26. The van der Waals surface area contributed by atoms with Crippen molar-refractivity contribution in [2.45, 2.75) is 31.9 Å². The molecule has 0 aromatic carbocycles. The number of aliphatic hydroxyl groups excluding tert-OH is 1. The molecule has 0 aliphatic carbocycles. The van der Waals surface area contributed by atoms with E-state index in [1.54, 1.807) is 11.0 Å². The number of ether oxygens (including phenoxy) is 1. The highest BCUT2D eigenvalue weighted by Gasteiger charge is 2.27. The van der Waals surface area contributed by atoms with Crippen LogP contribution in [-0.2, 0) is 9.53 Å². The van der Waals surface area contributed by atoms with Gasteiger partial charge in [0.1, 0.15) is 18.7 Å². The molecule has 1 saturated heterocycles. The number of rotatable bonds is 5. The smallest absolute Gasteiger partial charge is 0.247 e. The van der Waals surface area contributed by atoms with Crippen LogP contribution < -0.4 is 0 Å². The maximum absolute atomic E-state index is 12.3. The Kier molecular flexibility index (Phi) is 4.86. The lowest BCUT2D eigenvalue weighted by atomic mass is 10.1. The summed E-state index contributed by atoms with van der Waals surface area (Å²) >= 11 is 0. The lowest BCUT2D eigenvalue weighted by Crippen LogP contribution is -2.43. The van der Waals surface area contributed by atoms with Crippen molar-refractivity contribution < 1.29 is 14.6 Å². The third-order valence-corrected chi connectivity index (χ3v) is 3.39. The Bertz CT molecular complexity index is 388. The maximum atomic E-state index is 12.3. The van der Waals surface area contributed by atoms with Gasteiger partial charge in [0.25, 0.3) is 0 Å². The molecule has 2 rings (SSSR count). The standard InChI is InChI=1S/C12H20N4O3/c1-10(16-9-13-8-14-16)12(18)15-4-2-11(3-5-15)19-7-6-17/h8-11,17H,2-7H2,1H3. The van der Waals surface area contributed by atoms with Crippen molar-refractivity contribution >= 4 is 5.91 Å². The minimum atomic E-state index is -0.322. The van der Waals surface area contributed by atoms with Crippen molar-refractivity contribution in [2.24, 2.45) is 0 Å². The Labute approximate surface area is 112 Å². The first-order valence-corrected chi connectivity index (χ1v) is 6.57. The van der Waals surface area contributed by atoms with Gasteiger partial charge in [-0.3, -0.25) is 4.79 Å². The van der Waals surface area contributed by atoms with Gasteiger partial charge in [-0.25, -0.2) is 9.67 Å². The van der Waals surface area contributed by atoms with Gasteiger partial charge in [-0.1, -0.05) is 0 Å². The van der Waals surface area contributed by atoms with Gasteiger partial charge in [0, 0.05) is 13.1 Å². The molecule has 19 heavy (non-hydrogen) atoms. The van der Waals surface area contributed by atoms with Gasteiger partial charge in [0.2, 0.25) is 5.91 Å². The zero-order valence-corrected chi connectivity index (χ0v) is 11.1. The van der Waals surface area contributed by atoms with E-state index < -0.39 is 0 Å². The van der Waals surface area contributed by atoms with Crippen molar-refractivity contribution in [3.05, 3.63) is 12.7 Å². The summed E-state index contributed by atoms with van der Waals surface area (Å²) in [5.74, 6) is 0.0612. The third kappa shape index (κ3) is 3.51. The van der Waals surface area contributed by atoms with Crippen LogP contribution in [0.4, 0.5) is 0 Å². The number of nitrogens with zero attached hydrogens (tertiary/aromatic N) is 4. The molecule has 1 aliphatic heterocycles. The molecule has 1 atom stereocenters. The molecule has 1 aromatic rings. The van der Waals surface area contributed by atoms with E-state index in [9.17, 15) is 4.79 Å². The van der Waals surface area contributed by atoms with Crippen LogP contribution in [0.15, 0.2) is 12.7 Å². The van der Waals surface area contributed by atoms with Crippen LogP contribution in [0.1, 0.15) is 25.8 Å². The molecule has 1 aliphatic rings. The summed E-state index contributed by atoms with van der Waals surface area (Å²) in [5, 5.41) is 12.7. The number of amides is 1. The second-order valence-electron chi connectivity index (χ2n) is 4.67. The highest BCUT2D eigenvalue weighted by Crippen LogP contribution is 2.17. The number of carbonyl (C=O) groups excluding carboxylic acids is 1. The number of hydrogen-bond acceptors (Lipinski definition) is 5. The van der Waals surface area contributed by atoms with Crippen LogP contribution in [0.25, 0.3) is 0 Å². The van der Waals surface area contributed by atoms with Gasteiger partial charge in [-0.05, 0) is 19.8 Å². The van der Waals surface area contributed by atoms with Crippen LogP contribution in [-0.4, -0.2) is 63.1 Å². The lowest BCUT2D eigenvalue weighted by molar-refractivity contribution is -0.137. The third-order valence-electron chi connectivity index (χ3n) is 3.39. The first kappa shape index (κ1) is 14.0. The first-order valence-electron chi connectivity index (χ1n) is 6.57. The minimum absolute atomic E-state index is 0.0441. The molecular formula is C12H20N4O3. The summed E-state index contributed by atoms with van der Waals surface area (Å²) in [6.07, 6.45) is 4.77. The maximum Gasteiger partial charge on any atom is 0.247 e. The number of piperidine rings is 1. The van der Waals surface area contributed by atoms with E-state index >= 15 is 0 Å². The zero-order valence-electron chi connectivity index (χ0n) is 11.1. The second kappa shape index (κ2) is 6.63. The normalized spacial score (nSPS) is 18.5. The van der Waals surface area contributed by atoms with Gasteiger partial charge in [-0.2, -0.15) is 5.10 Å². The Morgan fingerprint density at radius 1 is 1.53 bits per heavy atom. The molecule has 0 bridgehead atoms. The second-order valence-corrected chi connectivity index (χ2v) is 4.67. The van der Waals surface area contributed by atoms with Crippen molar-refractivity contribution in [3.8, 4) is 0 Å². The summed E-state index contributed by atoms with van der Waals surface area (Å²) in [7, 11) is 0. The Morgan fingerprint density at radius 2 is 2.26 bits per heavy atom. The minimum Gasteiger partial charge on any atom is -0.394 e. The molecule has 106 valence electrons. The fourth-order valence-electron chi connectivity index (χ4n) is 2.26. The molecule has 7 heteroatoms. The molecular weight excluding hydrogens is 248 g/mol. The largest absolute Gasteiger partial charge is 0.394 e. The van der Waals surface area contributed by atoms with Gasteiger partial charge in [-0.15, -0.1) is 0 Å². The summed E-state index contributed by atoms with van der Waals surface area (Å²) in [6, 6.07) is -0.322. The molecule has 7 nitrogen and oxygen atoms in total. The molecule has 2 heterocycles. The van der Waals surface area contributed by atoms with Crippen LogP contribution in [0.3, 0.4) is 0 Å². The van der Waals surface area contributed by atoms with E-state index in [1.165, 1.54) is 6.33 Å². The van der Waals surface area contributed by atoms with E-state index in [2.05, 4.69) is 10.1 Å². The molecule has 1 unspecified atom stereocenters. The number of carbonyl (C=O) groups is 1. The molecule has 0 spiro atoms. The Hall–Kier alpha value is -1.47. The average molecular weight is 268 g/mol. The fraction of sp³-hybridized carbons (Fsp3) is 0.750. The first-order chi connectivity index (χ1) is 9.22. The van der Waals surface area contributed by atoms with Crippen LogP contribution in [0.5, 0.6) is 0 Å². The summed E-state index contributed by atoms with van der Waals surface area (Å²) in [4.78, 5) is 18.0. The predicted molar refractivity (Wildman–Crippen MR) is 67.4 cm³/mol. The monoisotopic (exact) mass is 268 g/mol. The van der Waals surface area contributed by atoms with Gasteiger partial charge < -0.3 is 14.7 Å². The van der Waals surface area contributed by atoms with Crippen LogP contribution in [0.2, 0.25) is 0 Å². The quantitative estimate of drug-likeness (QED) is 0.802. The lowest BCUT2D eigenvalue weighted by Gasteiger charge is -2.33. The van der Waals surface area contributed by atoms with Gasteiger partial charge in [0.05, 0.1) is 19.3 Å². The van der Waals surface area contributed by atoms with Gasteiger partial charge in [0.15, 0.2) is 0 Å². The predicted octanol–water partition coefficient (Wildman–Crippen LogP) is -0.161. The highest BCUT2D eigenvalue weighted by atomic mass is 16.5. The number of hydrogen-bond donors (Lipinski definition) is 1. The molecule has 0 saturated carbocycles. The molecule has 1 fully saturated rings. The van der Waals surface area contributed by atoms with E-state index in [0.717, 1.165) is 12.8 Å². The van der Waals surface area contributed by atoms with E-state index in [0.29, 0.717) is 19.7 Å². The zero-order chi connectivity index (χ0) is 13.7. The summed E-state index contributed by atoms with van der Waals surface area (Å²) in [6.45, 7) is 3.61. The number of likely N-dealkylation sites (tertiary alicyclic amines) is 1. The Morgan fingerprint density at radius 3 is 2.84 bits per heavy atom. The van der Waals surface area contributed by atoms with E-state index in [4.69, 9.17) is 9.84 Å². The van der Waals surface area contributed by atoms with Crippen molar-refractivity contribution in [3.63, 3.8) is 0 Å². The SMILES string of the molecule is CC(C(=O)N1CCC(OCCO)CC1)n1cncn1. The van der Waals surface area contributed by atoms with E-state index in [1.807, 2.05) is 11.8 Å². The molecule has 1 amide bonds. The summed E-state index contributed by atoms with van der Waals surface area (Å²) in [5.41, 5.74) is 0. The highest BCUT2D eigenvalue weighted by molar-refractivity contribution is 5.80. The number of aliphatic hydroxyl groups is 1. The van der Waals surface area contributed by atoms with Crippen LogP contribution in [0, 0.1) is 0 Å². The van der Waals surface area contributed by atoms with E-state index in [-0.39, 0.29) is 24.7 Å². The summed E-state index contributed by atoms with van der Waals surface area (Å²) < 4.78 is 7.04. The van der Waals surface area contributed by atoms with Crippen molar-refractivity contribution in [1.29, 1.82) is 0 Å². The van der Waals surface area contributed by atoms with Crippen molar-refractivity contribution in [2.75, 3.05) is 26.3 Å². The molecule has 1 aromatic heterocycles. The Balaban J connectivity index is 1.82. The van der Waals surface area contributed by atoms with Gasteiger partial charge >= 0.3 is 0 Å².